The van der Waals surface area contributed by atoms with E-state index < -0.39 is 0 Å². The molecule has 1 aromatic carbocycles. The lowest BCUT2D eigenvalue weighted by atomic mass is 10.2. The molecule has 5 heteroatoms. The maximum Gasteiger partial charge on any atom is 0.224 e. The summed E-state index contributed by atoms with van der Waals surface area (Å²) >= 11 is 3.52. The highest BCUT2D eigenvalue weighted by molar-refractivity contribution is 9.10. The van der Waals surface area contributed by atoms with Gasteiger partial charge in [-0.3, -0.25) is 0 Å². The van der Waals surface area contributed by atoms with Crippen LogP contribution in [0.1, 0.15) is 18.9 Å². The van der Waals surface area contributed by atoms with E-state index in [1.54, 1.807) is 6.20 Å². The van der Waals surface area contributed by atoms with Crippen LogP contribution in [-0.2, 0) is 6.54 Å². The second-order valence-electron chi connectivity index (χ2n) is 4.63. The average molecular weight is 335 g/mol. The lowest BCUT2D eigenvalue weighted by Crippen LogP contribution is -2.19. The summed E-state index contributed by atoms with van der Waals surface area (Å²) in [6.07, 6.45) is 2.84. The maximum atomic E-state index is 4.56. The molecule has 0 amide bonds. The van der Waals surface area contributed by atoms with Crippen LogP contribution in [-0.4, -0.2) is 23.6 Å². The van der Waals surface area contributed by atoms with E-state index in [1.807, 2.05) is 25.2 Å². The number of aromatic nitrogens is 2. The molecule has 0 spiro atoms. The summed E-state index contributed by atoms with van der Waals surface area (Å²) in [6, 6.07) is 10.3. The topological polar surface area (TPSA) is 41.1 Å². The zero-order valence-corrected chi connectivity index (χ0v) is 13.4. The van der Waals surface area contributed by atoms with Crippen LogP contribution in [0.25, 0.3) is 0 Å². The molecule has 0 aliphatic carbocycles. The van der Waals surface area contributed by atoms with E-state index in [0.29, 0.717) is 5.95 Å². The second kappa shape index (κ2) is 7.24. The molecule has 0 aliphatic rings. The predicted molar refractivity (Wildman–Crippen MR) is 87.1 cm³/mol. The molecule has 0 atom stereocenters. The maximum absolute atomic E-state index is 4.56. The molecular weight excluding hydrogens is 316 g/mol. The first kappa shape index (κ1) is 14.8. The normalized spacial score (nSPS) is 10.3. The highest BCUT2D eigenvalue weighted by Gasteiger charge is 2.10. The van der Waals surface area contributed by atoms with Gasteiger partial charge in [-0.1, -0.05) is 37.3 Å². The summed E-state index contributed by atoms with van der Waals surface area (Å²) in [5.41, 5.74) is 1.25. The van der Waals surface area contributed by atoms with Crippen LogP contribution < -0.4 is 10.2 Å². The van der Waals surface area contributed by atoms with Gasteiger partial charge in [0.25, 0.3) is 0 Å². The second-order valence-corrected chi connectivity index (χ2v) is 5.49. The van der Waals surface area contributed by atoms with Crippen LogP contribution in [0.2, 0.25) is 0 Å². The SMILES string of the molecule is CCCNc1ncc(Br)c(N(C)Cc2ccccc2)n1. The van der Waals surface area contributed by atoms with Gasteiger partial charge in [-0.25, -0.2) is 4.98 Å². The zero-order valence-electron chi connectivity index (χ0n) is 11.8. The van der Waals surface area contributed by atoms with Crippen LogP contribution in [0, 0.1) is 0 Å². The van der Waals surface area contributed by atoms with Crippen molar-refractivity contribution in [1.29, 1.82) is 0 Å². The van der Waals surface area contributed by atoms with Crippen molar-refractivity contribution in [2.24, 2.45) is 0 Å². The van der Waals surface area contributed by atoms with E-state index in [2.05, 4.69) is 55.2 Å². The van der Waals surface area contributed by atoms with Crippen LogP contribution in [0.4, 0.5) is 11.8 Å². The van der Waals surface area contributed by atoms with Crippen LogP contribution >= 0.6 is 15.9 Å². The Morgan fingerprint density at radius 1 is 1.25 bits per heavy atom. The van der Waals surface area contributed by atoms with E-state index in [4.69, 9.17) is 0 Å². The summed E-state index contributed by atoms with van der Waals surface area (Å²) in [5, 5.41) is 3.21. The first-order valence-electron chi connectivity index (χ1n) is 6.72. The molecule has 4 nitrogen and oxygen atoms in total. The highest BCUT2D eigenvalue weighted by atomic mass is 79.9. The van der Waals surface area contributed by atoms with Gasteiger partial charge in [0.05, 0.1) is 4.47 Å². The Kier molecular flexibility index (Phi) is 5.35. The average Bonchev–Trinajstić information content (AvgIpc) is 2.47. The number of anilines is 2. The van der Waals surface area contributed by atoms with Gasteiger partial charge >= 0.3 is 0 Å². The first-order chi connectivity index (χ1) is 9.70. The van der Waals surface area contributed by atoms with Gasteiger partial charge in [0.2, 0.25) is 5.95 Å². The standard InChI is InChI=1S/C15H19BrN4/c1-3-9-17-15-18-10-13(16)14(19-15)20(2)11-12-7-5-4-6-8-12/h4-8,10H,3,9,11H2,1-2H3,(H,17,18,19). The molecule has 20 heavy (non-hydrogen) atoms. The molecule has 2 aromatic rings. The van der Waals surface area contributed by atoms with Crippen LogP contribution in [0.3, 0.4) is 0 Å². The van der Waals surface area contributed by atoms with Crippen molar-refractivity contribution >= 4 is 27.7 Å². The van der Waals surface area contributed by atoms with E-state index >= 15 is 0 Å². The largest absolute Gasteiger partial charge is 0.354 e. The van der Waals surface area contributed by atoms with Gasteiger partial charge in [0.1, 0.15) is 5.82 Å². The molecule has 1 aromatic heterocycles. The molecule has 0 aliphatic heterocycles. The smallest absolute Gasteiger partial charge is 0.224 e. The monoisotopic (exact) mass is 334 g/mol. The van der Waals surface area contributed by atoms with Gasteiger partial charge in [-0.15, -0.1) is 0 Å². The first-order valence-corrected chi connectivity index (χ1v) is 7.51. The third kappa shape index (κ3) is 3.93. The summed E-state index contributed by atoms with van der Waals surface area (Å²) < 4.78 is 0.901. The Labute approximate surface area is 128 Å². The van der Waals surface area contributed by atoms with E-state index in [1.165, 1.54) is 5.56 Å². The Hall–Kier alpha value is -1.62. The molecule has 0 fully saturated rings. The molecule has 0 saturated carbocycles. The van der Waals surface area contributed by atoms with Crippen molar-refractivity contribution in [3.05, 3.63) is 46.6 Å². The number of nitrogens with one attached hydrogen (secondary N) is 1. The molecule has 0 unspecified atom stereocenters. The number of halogens is 1. The third-order valence-electron chi connectivity index (χ3n) is 2.88. The number of hydrogen-bond donors (Lipinski definition) is 1. The third-order valence-corrected chi connectivity index (χ3v) is 3.44. The molecule has 0 saturated heterocycles. The molecule has 0 radical (unpaired) electrons. The Morgan fingerprint density at radius 3 is 2.70 bits per heavy atom. The Morgan fingerprint density at radius 2 is 2.00 bits per heavy atom. The summed E-state index contributed by atoms with van der Waals surface area (Å²) in [6.45, 7) is 3.81. The van der Waals surface area contributed by atoms with Crippen LogP contribution in [0.15, 0.2) is 41.0 Å². The number of benzene rings is 1. The fourth-order valence-corrected chi connectivity index (χ4v) is 2.37. The molecular formula is C15H19BrN4. The van der Waals surface area contributed by atoms with Gasteiger partial charge in [0, 0.05) is 26.3 Å². The van der Waals surface area contributed by atoms with Crippen molar-refractivity contribution in [3.63, 3.8) is 0 Å². The lowest BCUT2D eigenvalue weighted by Gasteiger charge is -2.20. The van der Waals surface area contributed by atoms with Crippen molar-refractivity contribution in [3.8, 4) is 0 Å². The van der Waals surface area contributed by atoms with Gasteiger partial charge in [-0.2, -0.15) is 4.98 Å². The highest BCUT2D eigenvalue weighted by Crippen LogP contribution is 2.24. The van der Waals surface area contributed by atoms with Crippen molar-refractivity contribution in [2.75, 3.05) is 23.8 Å². The lowest BCUT2D eigenvalue weighted by molar-refractivity contribution is 0.879. The summed E-state index contributed by atoms with van der Waals surface area (Å²) in [4.78, 5) is 10.9. The zero-order chi connectivity index (χ0) is 14.4. The number of nitrogens with zero attached hydrogens (tertiary/aromatic N) is 3. The molecule has 0 bridgehead atoms. The van der Waals surface area contributed by atoms with E-state index in [0.717, 1.165) is 29.8 Å². The van der Waals surface area contributed by atoms with Gasteiger partial charge < -0.3 is 10.2 Å². The van der Waals surface area contributed by atoms with Crippen LogP contribution in [0.5, 0.6) is 0 Å². The minimum absolute atomic E-state index is 0.671. The molecule has 2 rings (SSSR count). The quantitative estimate of drug-likeness (QED) is 0.874. The molecule has 1 N–H and O–H groups in total. The summed E-state index contributed by atoms with van der Waals surface area (Å²) in [5.74, 6) is 1.56. The van der Waals surface area contributed by atoms with Gasteiger partial charge in [0.15, 0.2) is 0 Å². The Bertz CT molecular complexity index is 545. The van der Waals surface area contributed by atoms with E-state index in [9.17, 15) is 0 Å². The number of hydrogen-bond acceptors (Lipinski definition) is 4. The fourth-order valence-electron chi connectivity index (χ4n) is 1.88. The fraction of sp³-hybridized carbons (Fsp3) is 0.333. The van der Waals surface area contributed by atoms with E-state index in [-0.39, 0.29) is 0 Å². The van der Waals surface area contributed by atoms with Crippen molar-refractivity contribution < 1.29 is 0 Å². The molecule has 106 valence electrons. The molecule has 1 heterocycles. The Balaban J connectivity index is 2.13. The summed E-state index contributed by atoms with van der Waals surface area (Å²) in [7, 11) is 2.03. The van der Waals surface area contributed by atoms with Gasteiger partial charge in [-0.05, 0) is 27.9 Å². The predicted octanol–water partition coefficient (Wildman–Crippen LogP) is 3.70. The van der Waals surface area contributed by atoms with Crippen molar-refractivity contribution in [2.45, 2.75) is 19.9 Å². The minimum Gasteiger partial charge on any atom is -0.354 e. The minimum atomic E-state index is 0.671. The number of rotatable bonds is 6. The van der Waals surface area contributed by atoms with Crippen molar-refractivity contribution in [1.82, 2.24) is 9.97 Å².